The van der Waals surface area contributed by atoms with Gasteiger partial charge in [0.25, 0.3) is 5.56 Å². The quantitative estimate of drug-likeness (QED) is 0.803. The number of H-pyrrole nitrogens is 1. The number of benzene rings is 1. The molecule has 2 heterocycles. The summed E-state index contributed by atoms with van der Waals surface area (Å²) >= 11 is 0. The molecule has 0 saturated carbocycles. The van der Waals surface area contributed by atoms with Crippen LogP contribution in [-0.2, 0) is 25.9 Å². The van der Waals surface area contributed by atoms with Crippen LogP contribution in [0.2, 0.25) is 0 Å². The maximum absolute atomic E-state index is 12.5. The lowest BCUT2D eigenvalue weighted by atomic mass is 10.1. The first kappa shape index (κ1) is 19.2. The van der Waals surface area contributed by atoms with Gasteiger partial charge in [0.2, 0.25) is 5.75 Å². The number of methoxy groups -OCH3 is 3. The number of aromatic amines is 1. The zero-order valence-corrected chi connectivity index (χ0v) is 16.4. The van der Waals surface area contributed by atoms with Gasteiger partial charge in [-0.05, 0) is 24.1 Å². The molecule has 146 valence electrons. The SMILES string of the molecule is CCCc1nc2c(c(=O)[nH]1)CN(Cc1cc(OC)c(OC)c(OC)c1)CC2. The third-order valence-electron chi connectivity index (χ3n) is 4.81. The van der Waals surface area contributed by atoms with Crippen molar-refractivity contribution in [3.8, 4) is 17.2 Å². The highest BCUT2D eigenvalue weighted by atomic mass is 16.5. The van der Waals surface area contributed by atoms with Crippen LogP contribution >= 0.6 is 0 Å². The first-order valence-electron chi connectivity index (χ1n) is 9.21. The van der Waals surface area contributed by atoms with Crippen LogP contribution in [0.4, 0.5) is 0 Å². The van der Waals surface area contributed by atoms with Crippen molar-refractivity contribution < 1.29 is 14.2 Å². The van der Waals surface area contributed by atoms with Gasteiger partial charge in [-0.2, -0.15) is 0 Å². The third-order valence-corrected chi connectivity index (χ3v) is 4.81. The van der Waals surface area contributed by atoms with Crippen molar-refractivity contribution in [2.45, 2.75) is 39.3 Å². The summed E-state index contributed by atoms with van der Waals surface area (Å²) in [7, 11) is 4.81. The summed E-state index contributed by atoms with van der Waals surface area (Å²) in [6.07, 6.45) is 2.55. The van der Waals surface area contributed by atoms with Crippen LogP contribution in [0.15, 0.2) is 16.9 Å². The minimum atomic E-state index is -0.0157. The van der Waals surface area contributed by atoms with E-state index in [0.717, 1.165) is 48.5 Å². The zero-order chi connectivity index (χ0) is 19.4. The Morgan fingerprint density at radius 1 is 1.15 bits per heavy atom. The van der Waals surface area contributed by atoms with E-state index in [9.17, 15) is 4.79 Å². The van der Waals surface area contributed by atoms with Gasteiger partial charge in [0.05, 0.1) is 32.6 Å². The van der Waals surface area contributed by atoms with Crippen LogP contribution in [0.1, 0.15) is 36.0 Å². The van der Waals surface area contributed by atoms with Crippen LogP contribution in [-0.4, -0.2) is 42.7 Å². The number of aryl methyl sites for hydroxylation is 1. The Kier molecular flexibility index (Phi) is 6.01. The molecule has 1 N–H and O–H groups in total. The second-order valence-corrected chi connectivity index (χ2v) is 6.68. The molecule has 27 heavy (non-hydrogen) atoms. The van der Waals surface area contributed by atoms with Crippen LogP contribution in [0.25, 0.3) is 0 Å². The smallest absolute Gasteiger partial charge is 0.255 e. The number of fused-ring (bicyclic) bond motifs is 1. The van der Waals surface area contributed by atoms with Crippen LogP contribution in [0, 0.1) is 0 Å². The lowest BCUT2D eigenvalue weighted by molar-refractivity contribution is 0.240. The fourth-order valence-corrected chi connectivity index (χ4v) is 3.51. The van der Waals surface area contributed by atoms with E-state index >= 15 is 0 Å². The van der Waals surface area contributed by atoms with Crippen molar-refractivity contribution in [1.29, 1.82) is 0 Å². The largest absolute Gasteiger partial charge is 0.493 e. The van der Waals surface area contributed by atoms with Crippen molar-refractivity contribution in [3.63, 3.8) is 0 Å². The lowest BCUT2D eigenvalue weighted by Gasteiger charge is -2.28. The molecule has 1 aromatic heterocycles. The third kappa shape index (κ3) is 4.08. The van der Waals surface area contributed by atoms with Gasteiger partial charge in [0, 0.05) is 32.5 Å². The van der Waals surface area contributed by atoms with Gasteiger partial charge in [-0.15, -0.1) is 0 Å². The summed E-state index contributed by atoms with van der Waals surface area (Å²) < 4.78 is 16.2. The fourth-order valence-electron chi connectivity index (χ4n) is 3.51. The van der Waals surface area contributed by atoms with E-state index in [0.29, 0.717) is 30.3 Å². The minimum absolute atomic E-state index is 0.0157. The molecule has 1 aliphatic heterocycles. The first-order chi connectivity index (χ1) is 13.1. The standard InChI is InChI=1S/C20H27N3O4/c1-5-6-18-21-15-7-8-23(12-14(15)20(24)22-18)11-13-9-16(25-2)19(27-4)17(10-13)26-3/h9-10H,5-8,11-12H2,1-4H3,(H,21,22,24). The number of ether oxygens (including phenoxy) is 3. The number of nitrogens with one attached hydrogen (secondary N) is 1. The zero-order valence-electron chi connectivity index (χ0n) is 16.4. The summed E-state index contributed by atoms with van der Waals surface area (Å²) in [6.45, 7) is 4.21. The van der Waals surface area contributed by atoms with E-state index in [2.05, 4.69) is 21.8 Å². The lowest BCUT2D eigenvalue weighted by Crippen LogP contribution is -2.35. The van der Waals surface area contributed by atoms with Crippen molar-refractivity contribution in [3.05, 3.63) is 45.1 Å². The molecule has 7 nitrogen and oxygen atoms in total. The Morgan fingerprint density at radius 3 is 2.44 bits per heavy atom. The Bertz CT molecular complexity index is 838. The van der Waals surface area contributed by atoms with Gasteiger partial charge in [-0.3, -0.25) is 9.69 Å². The average molecular weight is 373 g/mol. The van der Waals surface area contributed by atoms with Crippen LogP contribution in [0.5, 0.6) is 17.2 Å². The highest BCUT2D eigenvalue weighted by molar-refractivity contribution is 5.53. The summed E-state index contributed by atoms with van der Waals surface area (Å²) in [4.78, 5) is 22.3. The van der Waals surface area contributed by atoms with Gasteiger partial charge >= 0.3 is 0 Å². The van der Waals surface area contributed by atoms with E-state index in [-0.39, 0.29) is 5.56 Å². The second kappa shape index (κ2) is 8.43. The average Bonchev–Trinajstić information content (AvgIpc) is 2.68. The molecule has 1 aromatic carbocycles. The van der Waals surface area contributed by atoms with Crippen LogP contribution < -0.4 is 19.8 Å². The molecule has 0 radical (unpaired) electrons. The van der Waals surface area contributed by atoms with E-state index in [1.807, 2.05) is 12.1 Å². The summed E-state index contributed by atoms with van der Waals surface area (Å²) in [5, 5.41) is 0. The van der Waals surface area contributed by atoms with Gasteiger partial charge < -0.3 is 19.2 Å². The molecule has 1 aliphatic rings. The topological polar surface area (TPSA) is 76.7 Å². The molecule has 3 rings (SSSR count). The molecule has 0 unspecified atom stereocenters. The minimum Gasteiger partial charge on any atom is -0.493 e. The molecule has 0 atom stereocenters. The highest BCUT2D eigenvalue weighted by Crippen LogP contribution is 2.38. The van der Waals surface area contributed by atoms with Crippen molar-refractivity contribution in [1.82, 2.24) is 14.9 Å². The highest BCUT2D eigenvalue weighted by Gasteiger charge is 2.22. The van der Waals surface area contributed by atoms with Gasteiger partial charge in [-0.25, -0.2) is 4.98 Å². The molecule has 0 bridgehead atoms. The predicted molar refractivity (Wildman–Crippen MR) is 103 cm³/mol. The number of aromatic nitrogens is 2. The summed E-state index contributed by atoms with van der Waals surface area (Å²) in [6, 6.07) is 3.90. The number of hydrogen-bond donors (Lipinski definition) is 1. The second-order valence-electron chi connectivity index (χ2n) is 6.68. The molecular weight excluding hydrogens is 346 g/mol. The number of nitrogens with zero attached hydrogens (tertiary/aromatic N) is 2. The van der Waals surface area contributed by atoms with Gasteiger partial charge in [0.1, 0.15) is 5.82 Å². The maximum atomic E-state index is 12.5. The first-order valence-corrected chi connectivity index (χ1v) is 9.21. The van der Waals surface area contributed by atoms with Gasteiger partial charge in [-0.1, -0.05) is 6.92 Å². The van der Waals surface area contributed by atoms with Crippen molar-refractivity contribution in [2.24, 2.45) is 0 Å². The number of hydrogen-bond acceptors (Lipinski definition) is 6. The Balaban J connectivity index is 1.82. The van der Waals surface area contributed by atoms with Crippen molar-refractivity contribution >= 4 is 0 Å². The van der Waals surface area contributed by atoms with Gasteiger partial charge in [0.15, 0.2) is 11.5 Å². The molecule has 0 saturated heterocycles. The molecule has 7 heteroatoms. The summed E-state index contributed by atoms with van der Waals surface area (Å²) in [5.41, 5.74) is 2.73. The van der Waals surface area contributed by atoms with E-state index < -0.39 is 0 Å². The maximum Gasteiger partial charge on any atom is 0.255 e. The number of rotatable bonds is 7. The predicted octanol–water partition coefficient (Wildman–Crippen LogP) is 2.31. The van der Waals surface area contributed by atoms with E-state index in [1.54, 1.807) is 21.3 Å². The molecule has 0 aliphatic carbocycles. The Morgan fingerprint density at radius 2 is 1.85 bits per heavy atom. The van der Waals surface area contributed by atoms with Crippen molar-refractivity contribution in [2.75, 3.05) is 27.9 Å². The monoisotopic (exact) mass is 373 g/mol. The molecule has 0 fully saturated rings. The molecule has 2 aromatic rings. The summed E-state index contributed by atoms with van der Waals surface area (Å²) in [5.74, 6) is 2.64. The van der Waals surface area contributed by atoms with E-state index in [4.69, 9.17) is 14.2 Å². The molecule has 0 spiro atoms. The Hall–Kier alpha value is -2.54. The Labute approximate surface area is 159 Å². The molecular formula is C20H27N3O4. The van der Waals surface area contributed by atoms with E-state index in [1.165, 1.54) is 0 Å². The van der Waals surface area contributed by atoms with Crippen LogP contribution in [0.3, 0.4) is 0 Å². The fraction of sp³-hybridized carbons (Fsp3) is 0.500. The molecule has 0 amide bonds. The normalized spacial score (nSPS) is 13.9.